The average Bonchev–Trinajstić information content (AvgIpc) is 3.04. The highest BCUT2D eigenvalue weighted by Crippen LogP contribution is 2.28. The summed E-state index contributed by atoms with van der Waals surface area (Å²) in [4.78, 5) is 18.3. The first-order valence-electron chi connectivity index (χ1n) is 6.45. The second-order valence-corrected chi connectivity index (χ2v) is 4.59. The summed E-state index contributed by atoms with van der Waals surface area (Å²) < 4.78 is 5.85. The molecule has 2 heterocycles. The summed E-state index contributed by atoms with van der Waals surface area (Å²) in [5.41, 5.74) is 2.03. The highest BCUT2D eigenvalue weighted by atomic mass is 16.4. The van der Waals surface area contributed by atoms with Gasteiger partial charge in [0.1, 0.15) is 17.2 Å². The van der Waals surface area contributed by atoms with E-state index in [1.54, 1.807) is 30.6 Å². The molecule has 0 saturated carbocycles. The summed E-state index contributed by atoms with van der Waals surface area (Å²) in [5.74, 6) is 0.736. The normalized spacial score (nSPS) is 11.1. The minimum atomic E-state index is -0.928. The van der Waals surface area contributed by atoms with Crippen LogP contribution in [0.4, 0.5) is 0 Å². The Hall–Kier alpha value is -2.56. The maximum Gasteiger partial charge on any atom is 0.335 e. The zero-order valence-corrected chi connectivity index (χ0v) is 11.0. The van der Waals surface area contributed by atoms with Gasteiger partial charge in [0.15, 0.2) is 0 Å². The van der Waals surface area contributed by atoms with Crippen molar-refractivity contribution >= 4 is 16.9 Å². The third-order valence-electron chi connectivity index (χ3n) is 3.36. The fourth-order valence-electron chi connectivity index (χ4n) is 2.41. The number of benzene rings is 1. The van der Waals surface area contributed by atoms with Gasteiger partial charge in [-0.25, -0.2) is 9.78 Å². The number of aryl methyl sites for hydroxylation is 1. The molecule has 0 aliphatic heterocycles. The van der Waals surface area contributed by atoms with Crippen molar-refractivity contribution in [3.05, 3.63) is 53.3 Å². The number of carboxylic acids is 1. The molecule has 0 bridgehead atoms. The van der Waals surface area contributed by atoms with Gasteiger partial charge in [0.05, 0.1) is 12.0 Å². The molecule has 2 aromatic heterocycles. The SMILES string of the molecule is CCc1c(Cc2ncc[nH]2)oc2ccc(C(=O)O)cc12. The van der Waals surface area contributed by atoms with E-state index in [0.717, 1.165) is 29.0 Å². The fraction of sp³-hybridized carbons (Fsp3) is 0.200. The summed E-state index contributed by atoms with van der Waals surface area (Å²) in [6.45, 7) is 2.03. The summed E-state index contributed by atoms with van der Waals surface area (Å²) >= 11 is 0. The van der Waals surface area contributed by atoms with E-state index >= 15 is 0 Å². The molecule has 3 rings (SSSR count). The molecule has 20 heavy (non-hydrogen) atoms. The molecule has 5 nitrogen and oxygen atoms in total. The number of imidazole rings is 1. The molecular weight excluding hydrogens is 256 g/mol. The molecule has 3 aromatic rings. The number of H-pyrrole nitrogens is 1. The minimum absolute atomic E-state index is 0.276. The number of rotatable bonds is 4. The van der Waals surface area contributed by atoms with Crippen LogP contribution in [0.15, 0.2) is 35.0 Å². The number of hydrogen-bond donors (Lipinski definition) is 2. The maximum absolute atomic E-state index is 11.1. The second-order valence-electron chi connectivity index (χ2n) is 4.59. The monoisotopic (exact) mass is 270 g/mol. The highest BCUT2D eigenvalue weighted by Gasteiger charge is 2.15. The lowest BCUT2D eigenvalue weighted by Crippen LogP contribution is -1.95. The van der Waals surface area contributed by atoms with Crippen LogP contribution in [0.3, 0.4) is 0 Å². The zero-order valence-electron chi connectivity index (χ0n) is 11.0. The van der Waals surface area contributed by atoms with Crippen LogP contribution in [-0.2, 0) is 12.8 Å². The molecule has 2 N–H and O–H groups in total. The number of aromatic carboxylic acids is 1. The van der Waals surface area contributed by atoms with E-state index in [1.807, 2.05) is 6.92 Å². The standard InChI is InChI=1S/C15H14N2O3/c1-2-10-11-7-9(15(18)19)3-4-12(11)20-13(10)8-14-16-5-6-17-14/h3-7H,2,8H2,1H3,(H,16,17)(H,18,19). The van der Waals surface area contributed by atoms with Crippen molar-refractivity contribution in [2.24, 2.45) is 0 Å². The van der Waals surface area contributed by atoms with Crippen LogP contribution in [0, 0.1) is 0 Å². The van der Waals surface area contributed by atoms with Gasteiger partial charge in [-0.3, -0.25) is 0 Å². The van der Waals surface area contributed by atoms with E-state index in [0.29, 0.717) is 12.0 Å². The number of fused-ring (bicyclic) bond motifs is 1. The predicted molar refractivity (Wildman–Crippen MR) is 73.9 cm³/mol. The van der Waals surface area contributed by atoms with Crippen LogP contribution in [-0.4, -0.2) is 21.0 Å². The molecular formula is C15H14N2O3. The van der Waals surface area contributed by atoms with Crippen LogP contribution in [0.2, 0.25) is 0 Å². The van der Waals surface area contributed by atoms with E-state index < -0.39 is 5.97 Å². The minimum Gasteiger partial charge on any atom is -0.478 e. The Kier molecular flexibility index (Phi) is 3.02. The topological polar surface area (TPSA) is 79.1 Å². The van der Waals surface area contributed by atoms with Gasteiger partial charge >= 0.3 is 5.97 Å². The van der Waals surface area contributed by atoms with Crippen molar-refractivity contribution in [2.75, 3.05) is 0 Å². The number of carbonyl (C=O) groups is 1. The van der Waals surface area contributed by atoms with Crippen LogP contribution >= 0.6 is 0 Å². The smallest absolute Gasteiger partial charge is 0.335 e. The first-order chi connectivity index (χ1) is 9.69. The van der Waals surface area contributed by atoms with Crippen LogP contribution < -0.4 is 0 Å². The van der Waals surface area contributed by atoms with Crippen LogP contribution in [0.5, 0.6) is 0 Å². The van der Waals surface area contributed by atoms with E-state index in [1.165, 1.54) is 0 Å². The number of aromatic amines is 1. The quantitative estimate of drug-likeness (QED) is 0.763. The van der Waals surface area contributed by atoms with Gasteiger partial charge in [-0.15, -0.1) is 0 Å². The highest BCUT2D eigenvalue weighted by molar-refractivity contribution is 5.94. The summed E-state index contributed by atoms with van der Waals surface area (Å²) in [7, 11) is 0. The molecule has 0 unspecified atom stereocenters. The maximum atomic E-state index is 11.1. The summed E-state index contributed by atoms with van der Waals surface area (Å²) in [6.07, 6.45) is 4.83. The molecule has 0 atom stereocenters. The van der Waals surface area contributed by atoms with Gasteiger partial charge in [0.2, 0.25) is 0 Å². The molecule has 102 valence electrons. The Labute approximate surface area is 115 Å². The van der Waals surface area contributed by atoms with Crippen molar-refractivity contribution in [2.45, 2.75) is 19.8 Å². The van der Waals surface area contributed by atoms with Crippen LogP contribution in [0.25, 0.3) is 11.0 Å². The Morgan fingerprint density at radius 2 is 2.30 bits per heavy atom. The molecule has 0 aliphatic carbocycles. The molecule has 0 amide bonds. The lowest BCUT2D eigenvalue weighted by molar-refractivity contribution is 0.0697. The molecule has 1 aromatic carbocycles. The summed E-state index contributed by atoms with van der Waals surface area (Å²) in [6, 6.07) is 4.94. The third kappa shape index (κ3) is 2.07. The van der Waals surface area contributed by atoms with Crippen molar-refractivity contribution < 1.29 is 14.3 Å². The Bertz CT molecular complexity index is 757. The number of nitrogens with one attached hydrogen (secondary N) is 1. The first kappa shape index (κ1) is 12.5. The number of furan rings is 1. The van der Waals surface area contributed by atoms with E-state index in [-0.39, 0.29) is 5.56 Å². The Balaban J connectivity index is 2.11. The van der Waals surface area contributed by atoms with Crippen molar-refractivity contribution in [1.82, 2.24) is 9.97 Å². The Morgan fingerprint density at radius 1 is 1.45 bits per heavy atom. The van der Waals surface area contributed by atoms with Gasteiger partial charge < -0.3 is 14.5 Å². The van der Waals surface area contributed by atoms with Crippen molar-refractivity contribution in [1.29, 1.82) is 0 Å². The van der Waals surface area contributed by atoms with E-state index in [9.17, 15) is 4.79 Å². The van der Waals surface area contributed by atoms with Gasteiger partial charge in [0, 0.05) is 23.3 Å². The second kappa shape index (κ2) is 4.85. The predicted octanol–water partition coefficient (Wildman–Crippen LogP) is 3.01. The molecule has 5 heteroatoms. The third-order valence-corrected chi connectivity index (χ3v) is 3.36. The summed E-state index contributed by atoms with van der Waals surface area (Å²) in [5, 5.41) is 9.95. The largest absolute Gasteiger partial charge is 0.478 e. The molecule has 0 radical (unpaired) electrons. The number of nitrogens with zero attached hydrogens (tertiary/aromatic N) is 1. The Morgan fingerprint density at radius 3 is 2.95 bits per heavy atom. The number of hydrogen-bond acceptors (Lipinski definition) is 3. The van der Waals surface area contributed by atoms with Gasteiger partial charge in [-0.2, -0.15) is 0 Å². The van der Waals surface area contributed by atoms with E-state index in [2.05, 4.69) is 9.97 Å². The van der Waals surface area contributed by atoms with Gasteiger partial charge in [-0.1, -0.05) is 6.92 Å². The lowest BCUT2D eigenvalue weighted by atomic mass is 10.0. The number of aromatic nitrogens is 2. The van der Waals surface area contributed by atoms with Gasteiger partial charge in [0.25, 0.3) is 0 Å². The van der Waals surface area contributed by atoms with Crippen LogP contribution in [0.1, 0.15) is 34.4 Å². The molecule has 0 aliphatic rings. The fourth-order valence-corrected chi connectivity index (χ4v) is 2.41. The van der Waals surface area contributed by atoms with Crippen molar-refractivity contribution in [3.8, 4) is 0 Å². The molecule has 0 saturated heterocycles. The van der Waals surface area contributed by atoms with E-state index in [4.69, 9.17) is 9.52 Å². The molecule has 0 fully saturated rings. The first-order valence-corrected chi connectivity index (χ1v) is 6.45. The van der Waals surface area contributed by atoms with Crippen molar-refractivity contribution in [3.63, 3.8) is 0 Å². The zero-order chi connectivity index (χ0) is 14.1. The number of carboxylic acid groups (broad SMARTS) is 1. The molecule has 0 spiro atoms. The lowest BCUT2D eigenvalue weighted by Gasteiger charge is -1.98. The van der Waals surface area contributed by atoms with Gasteiger partial charge in [-0.05, 0) is 24.6 Å². The average molecular weight is 270 g/mol.